The molecule has 2 aromatic heterocycles. The number of carbonyl (C=O) groups is 2. The highest BCUT2D eigenvalue weighted by Gasteiger charge is 2.20. The number of methoxy groups -OCH3 is 2. The van der Waals surface area contributed by atoms with E-state index in [-0.39, 0.29) is 17.1 Å². The predicted molar refractivity (Wildman–Crippen MR) is 93.1 cm³/mol. The van der Waals surface area contributed by atoms with Gasteiger partial charge in [-0.05, 0) is 18.2 Å². The minimum atomic E-state index is -0.595. The summed E-state index contributed by atoms with van der Waals surface area (Å²) in [5.74, 6) is -0.360. The van der Waals surface area contributed by atoms with Gasteiger partial charge in [0.1, 0.15) is 11.4 Å². The Balaban J connectivity index is 1.82. The lowest BCUT2D eigenvalue weighted by molar-refractivity contribution is 0.0589. The fourth-order valence-electron chi connectivity index (χ4n) is 2.43. The van der Waals surface area contributed by atoms with E-state index in [1.54, 1.807) is 20.2 Å². The van der Waals surface area contributed by atoms with Crippen molar-refractivity contribution in [3.05, 3.63) is 47.9 Å². The fourth-order valence-corrected chi connectivity index (χ4v) is 2.43. The number of ether oxygens (including phenoxy) is 2. The molecule has 2 N–H and O–H groups in total. The van der Waals surface area contributed by atoms with Crippen molar-refractivity contribution >= 4 is 17.6 Å². The van der Waals surface area contributed by atoms with Crippen LogP contribution in [-0.4, -0.2) is 46.1 Å². The lowest BCUT2D eigenvalue weighted by Crippen LogP contribution is -2.16. The molecular formula is C17H17N5O4. The number of aromatic amines is 1. The maximum absolute atomic E-state index is 12.5. The third-order valence-electron chi connectivity index (χ3n) is 3.75. The van der Waals surface area contributed by atoms with E-state index >= 15 is 0 Å². The molecule has 1 aromatic carbocycles. The highest BCUT2D eigenvalue weighted by Crippen LogP contribution is 2.23. The van der Waals surface area contributed by atoms with Crippen LogP contribution in [0.4, 0.5) is 5.69 Å². The Kier molecular flexibility index (Phi) is 4.70. The highest BCUT2D eigenvalue weighted by molar-refractivity contribution is 6.06. The van der Waals surface area contributed by atoms with Gasteiger partial charge in [0.15, 0.2) is 5.69 Å². The Labute approximate surface area is 148 Å². The van der Waals surface area contributed by atoms with Crippen LogP contribution < -0.4 is 10.1 Å². The monoisotopic (exact) mass is 355 g/mol. The van der Waals surface area contributed by atoms with Crippen LogP contribution in [0.3, 0.4) is 0 Å². The van der Waals surface area contributed by atoms with Gasteiger partial charge in [0.2, 0.25) is 0 Å². The Morgan fingerprint density at radius 2 is 2.04 bits per heavy atom. The minimum absolute atomic E-state index is 0.147. The maximum Gasteiger partial charge on any atom is 0.358 e. The average molecular weight is 355 g/mol. The molecule has 26 heavy (non-hydrogen) atoms. The number of aryl methyl sites for hydroxylation is 1. The molecule has 0 spiro atoms. The molecule has 2 heterocycles. The Morgan fingerprint density at radius 3 is 2.77 bits per heavy atom. The van der Waals surface area contributed by atoms with Crippen LogP contribution in [0.5, 0.6) is 5.75 Å². The fraction of sp³-hybridized carbons (Fsp3) is 0.176. The molecule has 9 nitrogen and oxygen atoms in total. The molecule has 3 aromatic rings. The van der Waals surface area contributed by atoms with E-state index in [1.165, 1.54) is 18.0 Å². The van der Waals surface area contributed by atoms with Gasteiger partial charge in [-0.3, -0.25) is 14.6 Å². The molecule has 0 radical (unpaired) electrons. The summed E-state index contributed by atoms with van der Waals surface area (Å²) >= 11 is 0. The average Bonchev–Trinajstić information content (AvgIpc) is 3.28. The number of aromatic nitrogens is 4. The molecule has 0 atom stereocenters. The summed E-state index contributed by atoms with van der Waals surface area (Å²) in [4.78, 5) is 24.3. The number of carbonyl (C=O) groups excluding carboxylic acids is 2. The minimum Gasteiger partial charge on any atom is -0.497 e. The van der Waals surface area contributed by atoms with Gasteiger partial charge in [0, 0.05) is 12.6 Å². The van der Waals surface area contributed by atoms with E-state index in [2.05, 4.69) is 20.6 Å². The SMILES string of the molecule is COC(=O)c1c(NC(=O)c2cc(-c3cccc(OC)c3)n[nH]2)cnn1C. The van der Waals surface area contributed by atoms with Crippen molar-refractivity contribution < 1.29 is 19.1 Å². The summed E-state index contributed by atoms with van der Waals surface area (Å²) in [7, 11) is 4.42. The van der Waals surface area contributed by atoms with Gasteiger partial charge in [-0.2, -0.15) is 10.2 Å². The van der Waals surface area contributed by atoms with Crippen molar-refractivity contribution in [1.82, 2.24) is 20.0 Å². The molecule has 0 aliphatic rings. The zero-order valence-electron chi connectivity index (χ0n) is 14.4. The Hall–Kier alpha value is -3.62. The lowest BCUT2D eigenvalue weighted by Gasteiger charge is -2.05. The molecule has 3 rings (SSSR count). The van der Waals surface area contributed by atoms with E-state index in [4.69, 9.17) is 9.47 Å². The number of anilines is 1. The first-order chi connectivity index (χ1) is 12.5. The number of H-pyrrole nitrogens is 1. The van der Waals surface area contributed by atoms with Gasteiger partial charge in [-0.25, -0.2) is 4.79 Å². The van der Waals surface area contributed by atoms with Crippen molar-refractivity contribution in [3.8, 4) is 17.0 Å². The van der Waals surface area contributed by atoms with Crippen molar-refractivity contribution in [2.24, 2.45) is 7.05 Å². The van der Waals surface area contributed by atoms with Crippen LogP contribution in [0.25, 0.3) is 11.3 Å². The van der Waals surface area contributed by atoms with Gasteiger partial charge < -0.3 is 14.8 Å². The van der Waals surface area contributed by atoms with Crippen LogP contribution >= 0.6 is 0 Å². The van der Waals surface area contributed by atoms with Crippen LogP contribution in [0.1, 0.15) is 21.0 Å². The normalized spacial score (nSPS) is 10.4. The van der Waals surface area contributed by atoms with Crippen LogP contribution in [0.15, 0.2) is 36.5 Å². The topological polar surface area (TPSA) is 111 Å². The first kappa shape index (κ1) is 17.2. The predicted octanol–water partition coefficient (Wildman–Crippen LogP) is 1.86. The van der Waals surface area contributed by atoms with Gasteiger partial charge in [-0.1, -0.05) is 12.1 Å². The van der Waals surface area contributed by atoms with Gasteiger partial charge in [0.25, 0.3) is 5.91 Å². The molecular weight excluding hydrogens is 338 g/mol. The first-order valence-corrected chi connectivity index (χ1v) is 7.65. The summed E-state index contributed by atoms with van der Waals surface area (Å²) in [5.41, 5.74) is 2.03. The summed E-state index contributed by atoms with van der Waals surface area (Å²) in [6, 6.07) is 8.94. The van der Waals surface area contributed by atoms with E-state index in [0.29, 0.717) is 11.4 Å². The molecule has 0 unspecified atom stereocenters. The molecule has 0 saturated heterocycles. The largest absolute Gasteiger partial charge is 0.497 e. The lowest BCUT2D eigenvalue weighted by atomic mass is 10.1. The van der Waals surface area contributed by atoms with Crippen molar-refractivity contribution in [3.63, 3.8) is 0 Å². The molecule has 134 valence electrons. The zero-order valence-corrected chi connectivity index (χ0v) is 14.4. The van der Waals surface area contributed by atoms with Crippen LogP contribution in [0, 0.1) is 0 Å². The number of amides is 1. The third-order valence-corrected chi connectivity index (χ3v) is 3.75. The van der Waals surface area contributed by atoms with Gasteiger partial charge in [0.05, 0.1) is 31.8 Å². The summed E-state index contributed by atoms with van der Waals surface area (Å²) in [6.45, 7) is 0. The molecule has 0 bridgehead atoms. The maximum atomic E-state index is 12.5. The highest BCUT2D eigenvalue weighted by atomic mass is 16.5. The Bertz CT molecular complexity index is 960. The van der Waals surface area contributed by atoms with Crippen LogP contribution in [-0.2, 0) is 11.8 Å². The second-order valence-electron chi connectivity index (χ2n) is 5.37. The van der Waals surface area contributed by atoms with Crippen molar-refractivity contribution in [1.29, 1.82) is 0 Å². The number of hydrogen-bond donors (Lipinski definition) is 2. The van der Waals surface area contributed by atoms with E-state index in [9.17, 15) is 9.59 Å². The molecule has 1 amide bonds. The molecule has 0 fully saturated rings. The number of benzene rings is 1. The number of nitrogens with one attached hydrogen (secondary N) is 2. The number of nitrogens with zero attached hydrogens (tertiary/aromatic N) is 3. The smallest absolute Gasteiger partial charge is 0.358 e. The quantitative estimate of drug-likeness (QED) is 0.676. The number of rotatable bonds is 5. The second-order valence-corrected chi connectivity index (χ2v) is 5.37. The van der Waals surface area contributed by atoms with Crippen molar-refractivity contribution in [2.45, 2.75) is 0 Å². The van der Waals surface area contributed by atoms with Gasteiger partial charge in [-0.15, -0.1) is 0 Å². The molecule has 0 aliphatic carbocycles. The molecule has 0 saturated carbocycles. The van der Waals surface area contributed by atoms with Gasteiger partial charge >= 0.3 is 5.97 Å². The Morgan fingerprint density at radius 1 is 1.23 bits per heavy atom. The summed E-state index contributed by atoms with van der Waals surface area (Å²) in [6.07, 6.45) is 1.38. The third kappa shape index (κ3) is 3.27. The molecule has 9 heteroatoms. The first-order valence-electron chi connectivity index (χ1n) is 7.65. The van der Waals surface area contributed by atoms with Crippen molar-refractivity contribution in [2.75, 3.05) is 19.5 Å². The number of hydrogen-bond acceptors (Lipinski definition) is 6. The van der Waals surface area contributed by atoms with Crippen LogP contribution in [0.2, 0.25) is 0 Å². The zero-order chi connectivity index (χ0) is 18.7. The summed E-state index contributed by atoms with van der Waals surface area (Å²) < 4.78 is 11.2. The van der Waals surface area contributed by atoms with E-state index in [1.807, 2.05) is 24.3 Å². The van der Waals surface area contributed by atoms with E-state index in [0.717, 1.165) is 5.56 Å². The molecule has 0 aliphatic heterocycles. The standard InChI is InChI=1S/C17H17N5O4/c1-22-15(17(24)26-3)14(9-18-22)19-16(23)13-8-12(20-21-13)10-5-4-6-11(7-10)25-2/h4-9H,1-3H3,(H,19,23)(H,20,21). The summed E-state index contributed by atoms with van der Waals surface area (Å²) in [5, 5.41) is 13.4. The second kappa shape index (κ2) is 7.09. The van der Waals surface area contributed by atoms with E-state index < -0.39 is 11.9 Å². The number of esters is 1.